The number of nitrogens with one attached hydrogen (secondary N) is 1. The summed E-state index contributed by atoms with van der Waals surface area (Å²) in [7, 11) is 0. The zero-order valence-corrected chi connectivity index (χ0v) is 14.8. The fourth-order valence-electron chi connectivity index (χ4n) is 2.31. The average molecular weight is 370 g/mol. The van der Waals surface area contributed by atoms with E-state index in [1.807, 2.05) is 6.07 Å². The summed E-state index contributed by atoms with van der Waals surface area (Å²) in [6.07, 6.45) is 0. The zero-order chi connectivity index (χ0) is 18.5. The molecule has 0 bridgehead atoms. The minimum atomic E-state index is -0.133. The fraction of sp³-hybridized carbons (Fsp3) is 0.167. The largest absolute Gasteiger partial charge is 0.352 e. The Morgan fingerprint density at radius 3 is 2.62 bits per heavy atom. The maximum Gasteiger partial charge on any atom is 0.217 e. The first-order valence-corrected chi connectivity index (χ1v) is 8.29. The van der Waals surface area contributed by atoms with Gasteiger partial charge in [-0.2, -0.15) is 4.80 Å². The molecule has 8 heteroatoms. The van der Waals surface area contributed by atoms with Crippen molar-refractivity contribution >= 4 is 23.3 Å². The molecule has 1 aromatic heterocycles. The molecule has 0 saturated carbocycles. The van der Waals surface area contributed by atoms with Crippen molar-refractivity contribution < 1.29 is 9.59 Å². The van der Waals surface area contributed by atoms with E-state index in [1.54, 1.807) is 42.5 Å². The zero-order valence-electron chi connectivity index (χ0n) is 14.0. The Labute approximate surface area is 155 Å². The average Bonchev–Trinajstić information content (AvgIpc) is 3.09. The van der Waals surface area contributed by atoms with E-state index in [-0.39, 0.29) is 18.2 Å². The third-order valence-electron chi connectivity index (χ3n) is 3.64. The minimum Gasteiger partial charge on any atom is -0.352 e. The van der Waals surface area contributed by atoms with Gasteiger partial charge < -0.3 is 5.32 Å². The van der Waals surface area contributed by atoms with Crippen LogP contribution in [0.5, 0.6) is 0 Å². The van der Waals surface area contributed by atoms with Gasteiger partial charge in [-0.1, -0.05) is 48.0 Å². The van der Waals surface area contributed by atoms with Crippen LogP contribution >= 0.6 is 11.6 Å². The van der Waals surface area contributed by atoms with Crippen molar-refractivity contribution in [1.29, 1.82) is 0 Å². The van der Waals surface area contributed by atoms with E-state index in [1.165, 1.54) is 11.7 Å². The van der Waals surface area contributed by atoms with Gasteiger partial charge in [0, 0.05) is 29.6 Å². The molecule has 132 valence electrons. The van der Waals surface area contributed by atoms with E-state index >= 15 is 0 Å². The molecular formula is C18H16ClN5O2. The Hall–Kier alpha value is -3.06. The Morgan fingerprint density at radius 2 is 1.92 bits per heavy atom. The lowest BCUT2D eigenvalue weighted by molar-refractivity contribution is -0.119. The summed E-state index contributed by atoms with van der Waals surface area (Å²) in [5, 5.41) is 15.4. The number of tetrazole rings is 1. The quantitative estimate of drug-likeness (QED) is 0.674. The van der Waals surface area contributed by atoms with Crippen LogP contribution in [0.4, 0.5) is 0 Å². The number of rotatable bonds is 6. The molecule has 7 nitrogen and oxygen atoms in total. The molecule has 0 atom stereocenters. The molecule has 1 amide bonds. The second kappa shape index (κ2) is 7.88. The van der Waals surface area contributed by atoms with E-state index in [4.69, 9.17) is 11.6 Å². The molecule has 1 heterocycles. The number of hydrogen-bond acceptors (Lipinski definition) is 5. The maximum absolute atomic E-state index is 12.4. The summed E-state index contributed by atoms with van der Waals surface area (Å²) in [5.41, 5.74) is 2.19. The Morgan fingerprint density at radius 1 is 1.15 bits per heavy atom. The molecule has 0 aliphatic carbocycles. The lowest BCUT2D eigenvalue weighted by Gasteiger charge is -2.04. The molecule has 0 radical (unpaired) electrons. The first kappa shape index (κ1) is 17.8. The normalized spacial score (nSPS) is 10.5. The molecular weight excluding hydrogens is 354 g/mol. The molecule has 0 saturated heterocycles. The number of aromatic nitrogens is 4. The molecule has 2 aromatic carbocycles. The summed E-state index contributed by atoms with van der Waals surface area (Å²) in [6.45, 7) is 1.87. The number of benzene rings is 2. The van der Waals surface area contributed by atoms with Crippen LogP contribution in [-0.2, 0) is 17.9 Å². The predicted molar refractivity (Wildman–Crippen MR) is 96.6 cm³/mol. The van der Waals surface area contributed by atoms with Crippen molar-refractivity contribution in [2.75, 3.05) is 0 Å². The van der Waals surface area contributed by atoms with Crippen LogP contribution in [0.15, 0.2) is 48.5 Å². The van der Waals surface area contributed by atoms with Crippen LogP contribution in [0.3, 0.4) is 0 Å². The number of Topliss-reactive ketones (excluding diaryl/α,β-unsaturated/α-hetero) is 1. The van der Waals surface area contributed by atoms with Crippen LogP contribution in [-0.4, -0.2) is 31.9 Å². The highest BCUT2D eigenvalue weighted by molar-refractivity contribution is 6.30. The van der Waals surface area contributed by atoms with Gasteiger partial charge in [-0.3, -0.25) is 9.59 Å². The molecule has 0 spiro atoms. The highest BCUT2D eigenvalue weighted by atomic mass is 35.5. The van der Waals surface area contributed by atoms with Crippen molar-refractivity contribution in [2.24, 2.45) is 0 Å². The van der Waals surface area contributed by atoms with Crippen LogP contribution < -0.4 is 5.32 Å². The van der Waals surface area contributed by atoms with Gasteiger partial charge in [-0.05, 0) is 22.9 Å². The van der Waals surface area contributed by atoms with Crippen LogP contribution in [0.25, 0.3) is 11.4 Å². The van der Waals surface area contributed by atoms with Crippen molar-refractivity contribution in [1.82, 2.24) is 25.5 Å². The summed E-state index contributed by atoms with van der Waals surface area (Å²) in [5.74, 6) is 0.176. The van der Waals surface area contributed by atoms with Crippen LogP contribution in [0.1, 0.15) is 22.8 Å². The smallest absolute Gasteiger partial charge is 0.217 e. The molecule has 3 aromatic rings. The lowest BCUT2D eigenvalue weighted by Crippen LogP contribution is -2.19. The van der Waals surface area contributed by atoms with Crippen LogP contribution in [0, 0.1) is 0 Å². The van der Waals surface area contributed by atoms with Gasteiger partial charge in [0.2, 0.25) is 11.7 Å². The summed E-state index contributed by atoms with van der Waals surface area (Å²) < 4.78 is 0. The number of halogens is 1. The molecule has 0 aliphatic heterocycles. The molecule has 0 aliphatic rings. The van der Waals surface area contributed by atoms with E-state index in [0.29, 0.717) is 23.0 Å². The van der Waals surface area contributed by atoms with Crippen molar-refractivity contribution in [3.8, 4) is 11.4 Å². The van der Waals surface area contributed by atoms with E-state index < -0.39 is 0 Å². The van der Waals surface area contributed by atoms with Gasteiger partial charge in [0.05, 0.1) is 0 Å². The number of carbonyl (C=O) groups is 2. The number of hydrogen-bond donors (Lipinski definition) is 1. The maximum atomic E-state index is 12.4. The molecule has 3 rings (SSSR count). The summed E-state index contributed by atoms with van der Waals surface area (Å²) in [6, 6.07) is 14.1. The third-order valence-corrected chi connectivity index (χ3v) is 3.87. The van der Waals surface area contributed by atoms with Gasteiger partial charge in [0.1, 0.15) is 6.54 Å². The number of amides is 1. The fourth-order valence-corrected chi connectivity index (χ4v) is 2.50. The first-order chi connectivity index (χ1) is 12.5. The number of carbonyl (C=O) groups excluding carboxylic acids is 2. The monoisotopic (exact) mass is 369 g/mol. The molecule has 0 unspecified atom stereocenters. The highest BCUT2D eigenvalue weighted by Crippen LogP contribution is 2.18. The second-order valence-corrected chi connectivity index (χ2v) is 6.12. The standard InChI is InChI=1S/C18H16ClN5O2/c1-12(25)20-10-13-5-7-14(8-6-13)17(26)11-24-22-18(21-23-24)15-3-2-4-16(19)9-15/h2-9H,10-11H2,1H3,(H,20,25). The van der Waals surface area contributed by atoms with Gasteiger partial charge in [0.15, 0.2) is 5.78 Å². The second-order valence-electron chi connectivity index (χ2n) is 5.68. The van der Waals surface area contributed by atoms with E-state index in [2.05, 4.69) is 20.7 Å². The van der Waals surface area contributed by atoms with Crippen molar-refractivity contribution in [3.05, 3.63) is 64.7 Å². The topological polar surface area (TPSA) is 89.8 Å². The Bertz CT molecular complexity index is 937. The van der Waals surface area contributed by atoms with Gasteiger partial charge in [-0.25, -0.2) is 0 Å². The van der Waals surface area contributed by atoms with Gasteiger partial charge in [0.25, 0.3) is 0 Å². The first-order valence-electron chi connectivity index (χ1n) is 7.91. The predicted octanol–water partition coefficient (Wildman–Crippen LogP) is 2.51. The lowest BCUT2D eigenvalue weighted by atomic mass is 10.1. The van der Waals surface area contributed by atoms with E-state index in [0.717, 1.165) is 11.1 Å². The molecule has 1 N–H and O–H groups in total. The summed E-state index contributed by atoms with van der Waals surface area (Å²) >= 11 is 5.96. The van der Waals surface area contributed by atoms with Gasteiger partial charge >= 0.3 is 0 Å². The highest BCUT2D eigenvalue weighted by Gasteiger charge is 2.11. The number of ketones is 1. The van der Waals surface area contributed by atoms with Crippen molar-refractivity contribution in [2.45, 2.75) is 20.0 Å². The minimum absolute atomic E-state index is 0.0153. The van der Waals surface area contributed by atoms with E-state index in [9.17, 15) is 9.59 Å². The van der Waals surface area contributed by atoms with Crippen molar-refractivity contribution in [3.63, 3.8) is 0 Å². The van der Waals surface area contributed by atoms with Gasteiger partial charge in [-0.15, -0.1) is 10.2 Å². The molecule has 26 heavy (non-hydrogen) atoms. The van der Waals surface area contributed by atoms with Crippen LogP contribution in [0.2, 0.25) is 5.02 Å². The summed E-state index contributed by atoms with van der Waals surface area (Å²) in [4.78, 5) is 24.5. The Balaban J connectivity index is 1.66. The Kier molecular flexibility index (Phi) is 5.38. The molecule has 0 fully saturated rings. The SMILES string of the molecule is CC(=O)NCc1ccc(C(=O)Cn2nnc(-c3cccc(Cl)c3)n2)cc1. The third kappa shape index (κ3) is 4.52. The number of nitrogens with zero attached hydrogens (tertiary/aromatic N) is 4.